The molecule has 2 aromatic carbocycles. The molecule has 0 aliphatic carbocycles. The molecular formula is C15H14F2O2. The van der Waals surface area contributed by atoms with Crippen LogP contribution in [0.5, 0.6) is 5.75 Å². The van der Waals surface area contributed by atoms with E-state index >= 15 is 0 Å². The molecule has 100 valence electrons. The van der Waals surface area contributed by atoms with E-state index in [2.05, 4.69) is 0 Å². The Kier molecular flexibility index (Phi) is 4.12. The van der Waals surface area contributed by atoms with Crippen LogP contribution in [-0.2, 0) is 6.61 Å². The lowest BCUT2D eigenvalue weighted by atomic mass is 10.0. The number of ether oxygens (including phenoxy) is 1. The average molecular weight is 264 g/mol. The molecule has 0 unspecified atom stereocenters. The van der Waals surface area contributed by atoms with E-state index < -0.39 is 11.6 Å². The van der Waals surface area contributed by atoms with Crippen LogP contribution < -0.4 is 4.74 Å². The Balaban J connectivity index is 2.48. The summed E-state index contributed by atoms with van der Waals surface area (Å²) in [5.74, 6) is -2.03. The van der Waals surface area contributed by atoms with E-state index in [1.165, 1.54) is 12.1 Å². The van der Waals surface area contributed by atoms with Crippen molar-refractivity contribution in [3.8, 4) is 16.9 Å². The lowest BCUT2D eigenvalue weighted by Gasteiger charge is -2.09. The first-order valence-corrected chi connectivity index (χ1v) is 5.98. The zero-order valence-corrected chi connectivity index (χ0v) is 10.5. The second-order valence-electron chi connectivity index (χ2n) is 4.03. The number of aliphatic hydroxyl groups is 1. The Morgan fingerprint density at radius 3 is 2.58 bits per heavy atom. The topological polar surface area (TPSA) is 29.5 Å². The normalized spacial score (nSPS) is 10.5. The van der Waals surface area contributed by atoms with Crippen molar-refractivity contribution in [1.82, 2.24) is 0 Å². The molecule has 1 N–H and O–H groups in total. The number of hydrogen-bond donors (Lipinski definition) is 1. The van der Waals surface area contributed by atoms with Gasteiger partial charge < -0.3 is 9.84 Å². The summed E-state index contributed by atoms with van der Waals surface area (Å²) in [6.07, 6.45) is 0. The van der Waals surface area contributed by atoms with Crippen LogP contribution in [0.2, 0.25) is 0 Å². The van der Waals surface area contributed by atoms with Gasteiger partial charge in [-0.3, -0.25) is 0 Å². The molecule has 0 saturated heterocycles. The van der Waals surface area contributed by atoms with Crippen LogP contribution in [0.1, 0.15) is 12.5 Å². The minimum Gasteiger partial charge on any atom is -0.491 e. The third-order valence-corrected chi connectivity index (χ3v) is 2.77. The van der Waals surface area contributed by atoms with Gasteiger partial charge in [0.05, 0.1) is 13.2 Å². The van der Waals surface area contributed by atoms with Gasteiger partial charge in [0.1, 0.15) is 0 Å². The summed E-state index contributed by atoms with van der Waals surface area (Å²) in [4.78, 5) is 0. The number of benzene rings is 2. The second kappa shape index (κ2) is 5.80. The predicted octanol–water partition coefficient (Wildman–Crippen LogP) is 3.52. The predicted molar refractivity (Wildman–Crippen MR) is 68.9 cm³/mol. The number of halogens is 2. The quantitative estimate of drug-likeness (QED) is 0.915. The maximum atomic E-state index is 14.0. The van der Waals surface area contributed by atoms with Gasteiger partial charge in [-0.05, 0) is 36.2 Å². The molecule has 0 amide bonds. The van der Waals surface area contributed by atoms with Crippen LogP contribution in [0.4, 0.5) is 8.78 Å². The van der Waals surface area contributed by atoms with Gasteiger partial charge >= 0.3 is 0 Å². The van der Waals surface area contributed by atoms with Gasteiger partial charge in [0, 0.05) is 5.56 Å². The molecule has 2 rings (SSSR count). The van der Waals surface area contributed by atoms with Crippen LogP contribution in [0.25, 0.3) is 11.1 Å². The van der Waals surface area contributed by atoms with Crippen molar-refractivity contribution in [1.29, 1.82) is 0 Å². The van der Waals surface area contributed by atoms with Crippen molar-refractivity contribution < 1.29 is 18.6 Å². The summed E-state index contributed by atoms with van der Waals surface area (Å²) in [6, 6.07) is 9.57. The zero-order chi connectivity index (χ0) is 13.8. The standard InChI is InChI=1S/C15H14F2O2/c1-2-19-13-7-6-12(14(16)15(13)17)11-5-3-4-10(8-11)9-18/h3-8,18H,2,9H2,1H3. The molecule has 0 bridgehead atoms. The average Bonchev–Trinajstić information content (AvgIpc) is 2.44. The number of rotatable bonds is 4. The molecule has 0 atom stereocenters. The van der Waals surface area contributed by atoms with Crippen molar-refractivity contribution in [2.75, 3.05) is 6.61 Å². The van der Waals surface area contributed by atoms with Gasteiger partial charge in [0.25, 0.3) is 0 Å². The largest absolute Gasteiger partial charge is 0.491 e. The lowest BCUT2D eigenvalue weighted by molar-refractivity contribution is 0.282. The van der Waals surface area contributed by atoms with E-state index in [0.717, 1.165) is 0 Å². The highest BCUT2D eigenvalue weighted by Crippen LogP contribution is 2.30. The Hall–Kier alpha value is -1.94. The van der Waals surface area contributed by atoms with E-state index in [9.17, 15) is 8.78 Å². The summed E-state index contributed by atoms with van der Waals surface area (Å²) >= 11 is 0. The monoisotopic (exact) mass is 264 g/mol. The molecule has 0 aliphatic rings. The Morgan fingerprint density at radius 2 is 1.89 bits per heavy atom. The highest BCUT2D eigenvalue weighted by molar-refractivity contribution is 5.66. The van der Waals surface area contributed by atoms with Gasteiger partial charge in [-0.2, -0.15) is 4.39 Å². The fourth-order valence-corrected chi connectivity index (χ4v) is 1.86. The maximum absolute atomic E-state index is 14.0. The first kappa shape index (κ1) is 13.5. The van der Waals surface area contributed by atoms with Crippen molar-refractivity contribution in [3.63, 3.8) is 0 Å². The van der Waals surface area contributed by atoms with Gasteiger partial charge in [-0.15, -0.1) is 0 Å². The van der Waals surface area contributed by atoms with E-state index in [4.69, 9.17) is 9.84 Å². The molecule has 0 radical (unpaired) electrons. The van der Waals surface area contributed by atoms with Crippen LogP contribution >= 0.6 is 0 Å². The summed E-state index contributed by atoms with van der Waals surface area (Å²) in [5, 5.41) is 9.06. The van der Waals surface area contributed by atoms with Crippen LogP contribution in [0.15, 0.2) is 36.4 Å². The van der Waals surface area contributed by atoms with Crippen molar-refractivity contribution >= 4 is 0 Å². The Labute approximate surface area is 110 Å². The molecule has 0 heterocycles. The van der Waals surface area contributed by atoms with E-state index in [-0.39, 0.29) is 24.5 Å². The van der Waals surface area contributed by atoms with Gasteiger partial charge in [0.15, 0.2) is 11.6 Å². The summed E-state index contributed by atoms with van der Waals surface area (Å²) < 4.78 is 32.8. The zero-order valence-electron chi connectivity index (χ0n) is 10.5. The van der Waals surface area contributed by atoms with E-state index in [1.54, 1.807) is 31.2 Å². The third-order valence-electron chi connectivity index (χ3n) is 2.77. The highest BCUT2D eigenvalue weighted by Gasteiger charge is 2.15. The van der Waals surface area contributed by atoms with Crippen molar-refractivity contribution in [2.24, 2.45) is 0 Å². The molecule has 0 fully saturated rings. The molecule has 19 heavy (non-hydrogen) atoms. The minimum absolute atomic E-state index is 0.0953. The van der Waals surface area contributed by atoms with Gasteiger partial charge in [-0.1, -0.05) is 18.2 Å². The third kappa shape index (κ3) is 2.74. The number of hydrogen-bond acceptors (Lipinski definition) is 2. The summed E-state index contributed by atoms with van der Waals surface area (Å²) in [5.41, 5.74) is 1.31. The Bertz CT molecular complexity index is 582. The molecule has 0 saturated carbocycles. The second-order valence-corrected chi connectivity index (χ2v) is 4.03. The fraction of sp³-hybridized carbons (Fsp3) is 0.200. The summed E-state index contributed by atoms with van der Waals surface area (Å²) in [6.45, 7) is 1.83. The summed E-state index contributed by atoms with van der Waals surface area (Å²) in [7, 11) is 0. The smallest absolute Gasteiger partial charge is 0.201 e. The van der Waals surface area contributed by atoms with Crippen molar-refractivity contribution in [2.45, 2.75) is 13.5 Å². The van der Waals surface area contributed by atoms with Gasteiger partial charge in [-0.25, -0.2) is 4.39 Å². The maximum Gasteiger partial charge on any atom is 0.201 e. The van der Waals surface area contributed by atoms with Crippen molar-refractivity contribution in [3.05, 3.63) is 53.6 Å². The minimum atomic E-state index is -0.992. The van der Waals surface area contributed by atoms with E-state index in [1.807, 2.05) is 0 Å². The molecule has 2 nitrogen and oxygen atoms in total. The molecule has 0 aromatic heterocycles. The molecule has 0 aliphatic heterocycles. The molecule has 2 aromatic rings. The fourth-order valence-electron chi connectivity index (χ4n) is 1.86. The van der Waals surface area contributed by atoms with Crippen LogP contribution in [-0.4, -0.2) is 11.7 Å². The Morgan fingerprint density at radius 1 is 1.11 bits per heavy atom. The molecule has 0 spiro atoms. The first-order valence-electron chi connectivity index (χ1n) is 5.98. The highest BCUT2D eigenvalue weighted by atomic mass is 19.2. The first-order chi connectivity index (χ1) is 9.17. The molecular weight excluding hydrogens is 250 g/mol. The lowest BCUT2D eigenvalue weighted by Crippen LogP contribution is -1.98. The SMILES string of the molecule is CCOc1ccc(-c2cccc(CO)c2)c(F)c1F. The van der Waals surface area contributed by atoms with Crippen LogP contribution in [0, 0.1) is 11.6 Å². The van der Waals surface area contributed by atoms with Crippen LogP contribution in [0.3, 0.4) is 0 Å². The number of aliphatic hydroxyl groups excluding tert-OH is 1. The van der Waals surface area contributed by atoms with Gasteiger partial charge in [0.2, 0.25) is 5.82 Å². The van der Waals surface area contributed by atoms with E-state index in [0.29, 0.717) is 11.1 Å². The molecule has 4 heteroatoms.